The number of aromatic nitrogens is 4. The largest absolute Gasteiger partial charge is 0.308 e. The zero-order valence-electron chi connectivity index (χ0n) is 24.3. The molecule has 0 N–H and O–H groups in total. The first-order valence-corrected chi connectivity index (χ1v) is 17.0. The van der Waals surface area contributed by atoms with Gasteiger partial charge in [0.25, 0.3) is 0 Å². The van der Waals surface area contributed by atoms with Gasteiger partial charge in [0, 0.05) is 64.7 Å². The molecule has 0 aliphatic rings. The van der Waals surface area contributed by atoms with Gasteiger partial charge in [0.2, 0.25) is 0 Å². The van der Waals surface area contributed by atoms with Crippen LogP contribution in [0.5, 0.6) is 0 Å². The Bertz CT molecular complexity index is 3030. The fourth-order valence-corrected chi connectivity index (χ4v) is 9.90. The van der Waals surface area contributed by atoms with E-state index >= 15 is 0 Å². The number of fused-ring (bicyclic) bond motifs is 15. The fourth-order valence-electron chi connectivity index (χ4n) is 7.64. The summed E-state index contributed by atoms with van der Waals surface area (Å²) in [5.41, 5.74) is 8.12. The second kappa shape index (κ2) is 9.01. The van der Waals surface area contributed by atoms with Crippen LogP contribution in [0.4, 0.5) is 0 Å². The van der Waals surface area contributed by atoms with Gasteiger partial charge in [0.15, 0.2) is 0 Å². The smallest absolute Gasteiger partial charge is 0.116 e. The van der Waals surface area contributed by atoms with Crippen LogP contribution in [-0.2, 0) is 0 Å². The second-order valence-electron chi connectivity index (χ2n) is 11.8. The summed E-state index contributed by atoms with van der Waals surface area (Å²) in [6, 6.07) is 44.2. The molecule has 214 valence electrons. The molecule has 0 atom stereocenters. The number of thiophene rings is 2. The maximum atomic E-state index is 4.92. The SMILES string of the molecule is c1ccc(-n2c3ccccc3c3c2c2sc4cncnc4c2c2c4ccccc4n(-c4ccc5sc6ccccc6c5c4)c23)cc1. The summed E-state index contributed by atoms with van der Waals surface area (Å²) < 4.78 is 9.91. The summed E-state index contributed by atoms with van der Waals surface area (Å²) in [4.78, 5) is 9.37. The van der Waals surface area contributed by atoms with Crippen molar-refractivity contribution < 1.29 is 0 Å². The molecule has 0 saturated carbocycles. The first kappa shape index (κ1) is 24.7. The molecule has 4 nitrogen and oxygen atoms in total. The molecule has 6 aromatic carbocycles. The minimum Gasteiger partial charge on any atom is -0.308 e. The third kappa shape index (κ3) is 3.12. The first-order chi connectivity index (χ1) is 22.8. The Morgan fingerprint density at radius 3 is 1.98 bits per heavy atom. The van der Waals surface area contributed by atoms with Gasteiger partial charge in [0.05, 0.1) is 37.0 Å². The normalized spacial score (nSPS) is 12.3. The van der Waals surface area contributed by atoms with Crippen molar-refractivity contribution in [3.05, 3.63) is 134 Å². The molecular weight excluding hydrogens is 601 g/mol. The first-order valence-electron chi connectivity index (χ1n) is 15.3. The zero-order chi connectivity index (χ0) is 29.9. The molecule has 6 heteroatoms. The van der Waals surface area contributed by atoms with Gasteiger partial charge in [-0.1, -0.05) is 72.8 Å². The Kier molecular flexibility index (Phi) is 4.84. The third-order valence-corrected chi connectivity index (χ3v) is 11.7. The molecule has 0 saturated heterocycles. The van der Waals surface area contributed by atoms with Crippen LogP contribution in [0.25, 0.3) is 95.5 Å². The van der Waals surface area contributed by atoms with Crippen molar-refractivity contribution in [2.75, 3.05) is 0 Å². The van der Waals surface area contributed by atoms with Crippen LogP contribution in [0.15, 0.2) is 134 Å². The molecule has 0 bridgehead atoms. The molecule has 0 fully saturated rings. The van der Waals surface area contributed by atoms with Gasteiger partial charge in [0.1, 0.15) is 6.33 Å². The van der Waals surface area contributed by atoms with Crippen LogP contribution in [0.3, 0.4) is 0 Å². The lowest BCUT2D eigenvalue weighted by Crippen LogP contribution is -1.96. The van der Waals surface area contributed by atoms with Gasteiger partial charge in [-0.05, 0) is 48.5 Å². The van der Waals surface area contributed by atoms with Gasteiger partial charge >= 0.3 is 0 Å². The van der Waals surface area contributed by atoms with Gasteiger partial charge in [-0.25, -0.2) is 9.97 Å². The molecule has 0 unspecified atom stereocenters. The predicted molar refractivity (Wildman–Crippen MR) is 196 cm³/mol. The van der Waals surface area contributed by atoms with Crippen LogP contribution in [0.1, 0.15) is 0 Å². The van der Waals surface area contributed by atoms with Crippen molar-refractivity contribution in [2.45, 2.75) is 0 Å². The molecule has 0 spiro atoms. The van der Waals surface area contributed by atoms with E-state index in [4.69, 9.17) is 4.98 Å². The van der Waals surface area contributed by atoms with E-state index in [1.165, 1.54) is 73.9 Å². The molecule has 0 radical (unpaired) electrons. The predicted octanol–water partition coefficient (Wildman–Crippen LogP) is 11.4. The lowest BCUT2D eigenvalue weighted by atomic mass is 10.0. The minimum absolute atomic E-state index is 1.01. The molecule has 11 rings (SSSR count). The van der Waals surface area contributed by atoms with E-state index in [2.05, 4.69) is 135 Å². The van der Waals surface area contributed by atoms with Crippen molar-refractivity contribution in [3.63, 3.8) is 0 Å². The van der Waals surface area contributed by atoms with Gasteiger partial charge in [-0.3, -0.25) is 0 Å². The molecule has 0 amide bonds. The summed E-state index contributed by atoms with van der Waals surface area (Å²) in [6.07, 6.45) is 3.65. The highest BCUT2D eigenvalue weighted by Gasteiger charge is 2.27. The summed E-state index contributed by atoms with van der Waals surface area (Å²) in [7, 11) is 0. The second-order valence-corrected chi connectivity index (χ2v) is 13.9. The summed E-state index contributed by atoms with van der Waals surface area (Å²) in [5, 5.41) is 8.77. The molecule has 46 heavy (non-hydrogen) atoms. The summed E-state index contributed by atoms with van der Waals surface area (Å²) in [6.45, 7) is 0. The van der Waals surface area contributed by atoms with Crippen molar-refractivity contribution >= 4 is 107 Å². The van der Waals surface area contributed by atoms with E-state index in [1.807, 2.05) is 17.5 Å². The van der Waals surface area contributed by atoms with Crippen LogP contribution >= 0.6 is 22.7 Å². The minimum atomic E-state index is 1.01. The summed E-state index contributed by atoms with van der Waals surface area (Å²) >= 11 is 3.65. The molecule has 0 aliphatic heterocycles. The monoisotopic (exact) mass is 622 g/mol. The van der Waals surface area contributed by atoms with E-state index < -0.39 is 0 Å². The molecule has 5 heterocycles. The van der Waals surface area contributed by atoms with E-state index in [-0.39, 0.29) is 0 Å². The van der Waals surface area contributed by atoms with Gasteiger partial charge < -0.3 is 9.13 Å². The molecule has 11 aromatic rings. The number of hydrogen-bond acceptors (Lipinski definition) is 4. The quantitative estimate of drug-likeness (QED) is 0.192. The highest BCUT2D eigenvalue weighted by Crippen LogP contribution is 2.50. The number of rotatable bonds is 2. The maximum Gasteiger partial charge on any atom is 0.116 e. The Labute approximate surface area is 270 Å². The molecule has 0 aliphatic carbocycles. The molecular formula is C40H22N4S2. The van der Waals surface area contributed by atoms with E-state index in [0.717, 1.165) is 21.6 Å². The number of hydrogen-bond donors (Lipinski definition) is 0. The Morgan fingerprint density at radius 1 is 0.478 bits per heavy atom. The van der Waals surface area contributed by atoms with Crippen LogP contribution in [-0.4, -0.2) is 19.1 Å². The average Bonchev–Trinajstić information content (AvgIpc) is 3.86. The highest BCUT2D eigenvalue weighted by atomic mass is 32.1. The maximum absolute atomic E-state index is 4.92. The zero-order valence-corrected chi connectivity index (χ0v) is 25.9. The Balaban J connectivity index is 1.45. The van der Waals surface area contributed by atoms with Crippen molar-refractivity contribution in [3.8, 4) is 11.4 Å². The van der Waals surface area contributed by atoms with E-state index in [0.29, 0.717) is 0 Å². The van der Waals surface area contributed by atoms with Gasteiger partial charge in [-0.15, -0.1) is 22.7 Å². The Hall–Kier alpha value is -5.56. The van der Waals surface area contributed by atoms with E-state index in [1.54, 1.807) is 17.7 Å². The topological polar surface area (TPSA) is 35.6 Å². The van der Waals surface area contributed by atoms with Gasteiger partial charge in [-0.2, -0.15) is 0 Å². The number of benzene rings is 6. The van der Waals surface area contributed by atoms with Crippen molar-refractivity contribution in [1.29, 1.82) is 0 Å². The average molecular weight is 623 g/mol. The van der Waals surface area contributed by atoms with Crippen molar-refractivity contribution in [2.24, 2.45) is 0 Å². The van der Waals surface area contributed by atoms with Crippen LogP contribution in [0, 0.1) is 0 Å². The Morgan fingerprint density at radius 2 is 1.15 bits per heavy atom. The lowest BCUT2D eigenvalue weighted by molar-refractivity contribution is 1.18. The summed E-state index contributed by atoms with van der Waals surface area (Å²) in [5.74, 6) is 0. The van der Waals surface area contributed by atoms with Crippen LogP contribution in [0.2, 0.25) is 0 Å². The van der Waals surface area contributed by atoms with Crippen LogP contribution < -0.4 is 0 Å². The lowest BCUT2D eigenvalue weighted by Gasteiger charge is -2.11. The fraction of sp³-hybridized carbons (Fsp3) is 0. The standard InChI is InChI=1S/C40H22N4S2/c1-2-10-23(11-3-1)43-30-16-8-5-14-27(30)35-38-34(36-37-33(21-41-22-42-37)46-40(36)39(35)43)26-13-4-7-15-29(26)44(38)24-18-19-32-28(20-24)25-12-6-9-17-31(25)45-32/h1-22H. The van der Waals surface area contributed by atoms with E-state index in [9.17, 15) is 0 Å². The number of para-hydroxylation sites is 3. The highest BCUT2D eigenvalue weighted by molar-refractivity contribution is 7.27. The molecule has 5 aromatic heterocycles. The third-order valence-electron chi connectivity index (χ3n) is 9.44. The number of nitrogens with zero attached hydrogens (tertiary/aromatic N) is 4. The van der Waals surface area contributed by atoms with Crippen molar-refractivity contribution in [1.82, 2.24) is 19.1 Å².